The average molecular weight is 478 g/mol. The van der Waals surface area contributed by atoms with Crippen LogP contribution in [-0.4, -0.2) is 32.9 Å². The third kappa shape index (κ3) is 2.29. The zero-order valence-electron chi connectivity index (χ0n) is 19.6. The summed E-state index contributed by atoms with van der Waals surface area (Å²) < 4.78 is 39.3. The molecule has 3 aromatic rings. The number of sulfone groups is 1. The predicted octanol–water partition coefficient (Wildman–Crippen LogP) is 4.28. The van der Waals surface area contributed by atoms with Crippen molar-refractivity contribution in [2.45, 2.75) is 54.2 Å². The normalized spacial score (nSPS) is 28.2. The molecule has 7 heteroatoms. The SMILES string of the molecule is CO[C@H]1C(=O)N2c3c(coc3C(C)(C)C)[C@]3(CC3(c3ccccc3)c3ccccc3)S(=O)(=O)[C@H]12. The lowest BCUT2D eigenvalue weighted by Gasteiger charge is -2.51. The molecule has 0 radical (unpaired) electrons. The van der Waals surface area contributed by atoms with Crippen LogP contribution in [0.3, 0.4) is 0 Å². The Bertz CT molecular complexity index is 1360. The number of fused-ring (bicyclic) bond motifs is 4. The first-order valence-electron chi connectivity index (χ1n) is 11.5. The van der Waals surface area contributed by atoms with Crippen molar-refractivity contribution in [3.05, 3.63) is 89.4 Å². The molecule has 34 heavy (non-hydrogen) atoms. The summed E-state index contributed by atoms with van der Waals surface area (Å²) >= 11 is 0. The maximum atomic E-state index is 14.5. The molecule has 3 heterocycles. The molecule has 6 nitrogen and oxygen atoms in total. The summed E-state index contributed by atoms with van der Waals surface area (Å²) in [6, 6.07) is 19.6. The van der Waals surface area contributed by atoms with Crippen molar-refractivity contribution in [2.75, 3.05) is 12.0 Å². The van der Waals surface area contributed by atoms with Gasteiger partial charge in [-0.1, -0.05) is 81.4 Å². The van der Waals surface area contributed by atoms with Gasteiger partial charge in [-0.15, -0.1) is 0 Å². The number of hydrogen-bond donors (Lipinski definition) is 0. The molecule has 2 fully saturated rings. The smallest absolute Gasteiger partial charge is 0.260 e. The molecule has 176 valence electrons. The number of anilines is 1. The van der Waals surface area contributed by atoms with Crippen molar-refractivity contribution in [3.63, 3.8) is 0 Å². The highest BCUT2D eigenvalue weighted by atomic mass is 32.2. The van der Waals surface area contributed by atoms with E-state index in [1.54, 1.807) is 6.26 Å². The van der Waals surface area contributed by atoms with Crippen LogP contribution < -0.4 is 4.90 Å². The van der Waals surface area contributed by atoms with Crippen molar-refractivity contribution in [3.8, 4) is 0 Å². The number of furan rings is 1. The van der Waals surface area contributed by atoms with Crippen LogP contribution in [-0.2, 0) is 34.9 Å². The topological polar surface area (TPSA) is 76.8 Å². The van der Waals surface area contributed by atoms with Crippen molar-refractivity contribution >= 4 is 21.4 Å². The lowest BCUT2D eigenvalue weighted by atomic mass is 9.82. The largest absolute Gasteiger partial charge is 0.466 e. The zero-order valence-corrected chi connectivity index (χ0v) is 20.4. The summed E-state index contributed by atoms with van der Waals surface area (Å²) in [5.74, 6) is 0.274. The average Bonchev–Trinajstić information content (AvgIpc) is 3.34. The highest BCUT2D eigenvalue weighted by Gasteiger charge is 2.83. The van der Waals surface area contributed by atoms with Gasteiger partial charge in [0, 0.05) is 23.5 Å². The van der Waals surface area contributed by atoms with Gasteiger partial charge in [0.2, 0.25) is 0 Å². The molecule has 1 saturated heterocycles. The molecule has 0 unspecified atom stereocenters. The first-order chi connectivity index (χ1) is 16.1. The van der Waals surface area contributed by atoms with Crippen LogP contribution in [0.5, 0.6) is 0 Å². The zero-order chi connectivity index (χ0) is 24.1. The number of methoxy groups -OCH3 is 1. The van der Waals surface area contributed by atoms with Crippen LogP contribution >= 0.6 is 0 Å². The second-order valence-corrected chi connectivity index (χ2v) is 12.8. The van der Waals surface area contributed by atoms with Crippen molar-refractivity contribution in [1.29, 1.82) is 0 Å². The molecule has 1 spiro atoms. The number of ether oxygens (including phenoxy) is 1. The van der Waals surface area contributed by atoms with E-state index in [1.807, 2.05) is 81.4 Å². The Morgan fingerprint density at radius 2 is 1.56 bits per heavy atom. The van der Waals surface area contributed by atoms with Crippen molar-refractivity contribution < 1.29 is 22.4 Å². The van der Waals surface area contributed by atoms with Crippen LogP contribution in [0.4, 0.5) is 5.69 Å². The van der Waals surface area contributed by atoms with Crippen LogP contribution in [0.25, 0.3) is 0 Å². The highest BCUT2D eigenvalue weighted by molar-refractivity contribution is 7.93. The van der Waals surface area contributed by atoms with Crippen molar-refractivity contribution in [2.24, 2.45) is 0 Å². The third-order valence-electron chi connectivity index (χ3n) is 7.79. The van der Waals surface area contributed by atoms with E-state index in [2.05, 4.69) is 0 Å². The summed E-state index contributed by atoms with van der Waals surface area (Å²) in [5, 5.41) is -1.08. The lowest BCUT2D eigenvalue weighted by molar-refractivity contribution is -0.136. The van der Waals surface area contributed by atoms with Gasteiger partial charge in [0.1, 0.15) is 10.5 Å². The van der Waals surface area contributed by atoms with Crippen LogP contribution in [0.2, 0.25) is 0 Å². The molecule has 6 rings (SSSR count). The van der Waals surface area contributed by atoms with Gasteiger partial charge >= 0.3 is 0 Å². The Labute approximate surface area is 199 Å². The molecule has 3 atom stereocenters. The predicted molar refractivity (Wildman–Crippen MR) is 128 cm³/mol. The number of carbonyl (C=O) groups is 1. The molecule has 0 N–H and O–H groups in total. The van der Waals surface area contributed by atoms with E-state index < -0.39 is 36.9 Å². The molecule has 0 bridgehead atoms. The van der Waals surface area contributed by atoms with E-state index in [1.165, 1.54) is 12.0 Å². The van der Waals surface area contributed by atoms with Gasteiger partial charge in [-0.05, 0) is 17.5 Å². The van der Waals surface area contributed by atoms with Gasteiger partial charge in [-0.2, -0.15) is 0 Å². The fourth-order valence-electron chi connectivity index (χ4n) is 6.24. The first-order valence-corrected chi connectivity index (χ1v) is 13.0. The minimum Gasteiger partial charge on any atom is -0.466 e. The van der Waals surface area contributed by atoms with E-state index in [4.69, 9.17) is 9.15 Å². The standard InChI is InChI=1S/C27H27NO5S/c1-25(2,3)22-20-19(15-33-22)27(34(30,31)24-21(32-4)23(29)28(20)24)16-26(27,17-11-7-5-8-12-17)18-13-9-6-10-14-18/h5-15,21,24H,16H2,1-4H3/t21-,24+,27-/m0/s1. The van der Waals surface area contributed by atoms with Gasteiger partial charge < -0.3 is 9.15 Å². The minimum atomic E-state index is -3.91. The Hall–Kier alpha value is -2.90. The maximum absolute atomic E-state index is 14.5. The molecular weight excluding hydrogens is 450 g/mol. The Balaban J connectivity index is 1.70. The number of nitrogens with zero attached hydrogens (tertiary/aromatic N) is 1. The summed E-state index contributed by atoms with van der Waals surface area (Å²) in [5.41, 5.74) is 1.81. The summed E-state index contributed by atoms with van der Waals surface area (Å²) in [7, 11) is -2.52. The summed E-state index contributed by atoms with van der Waals surface area (Å²) in [6.45, 7) is 6.01. The molecule has 2 aliphatic heterocycles. The summed E-state index contributed by atoms with van der Waals surface area (Å²) in [4.78, 5) is 14.5. The second-order valence-electron chi connectivity index (χ2n) is 10.5. The van der Waals surface area contributed by atoms with Gasteiger partial charge in [0.25, 0.3) is 5.91 Å². The minimum absolute atomic E-state index is 0.343. The van der Waals surface area contributed by atoms with Crippen molar-refractivity contribution in [1.82, 2.24) is 0 Å². The molecule has 1 aromatic heterocycles. The fourth-order valence-corrected chi connectivity index (χ4v) is 9.29. The third-order valence-corrected chi connectivity index (χ3v) is 10.6. The van der Waals surface area contributed by atoms with E-state index >= 15 is 0 Å². The summed E-state index contributed by atoms with van der Waals surface area (Å²) in [6.07, 6.45) is 0.925. The first kappa shape index (κ1) is 21.6. The van der Waals surface area contributed by atoms with Gasteiger partial charge in [0.05, 0.1) is 12.0 Å². The van der Waals surface area contributed by atoms with Gasteiger partial charge in [0.15, 0.2) is 21.3 Å². The quantitative estimate of drug-likeness (QED) is 0.527. The second kappa shape index (κ2) is 6.61. The van der Waals surface area contributed by atoms with Crippen LogP contribution in [0.1, 0.15) is 49.6 Å². The Kier molecular flexibility index (Phi) is 4.20. The molecule has 1 aliphatic carbocycles. The van der Waals surface area contributed by atoms with Gasteiger partial charge in [-0.25, -0.2) is 8.42 Å². The van der Waals surface area contributed by atoms with E-state index in [0.29, 0.717) is 23.4 Å². The molecular formula is C27H27NO5S. The molecule has 3 aliphatic rings. The monoisotopic (exact) mass is 477 g/mol. The number of amides is 1. The maximum Gasteiger partial charge on any atom is 0.260 e. The number of β-lactam (4-membered cyclic amide) rings is 1. The van der Waals surface area contributed by atoms with Crippen LogP contribution in [0, 0.1) is 0 Å². The molecule has 1 saturated carbocycles. The number of carbonyl (C=O) groups excluding carboxylic acids is 1. The van der Waals surface area contributed by atoms with Crippen LogP contribution in [0.15, 0.2) is 71.3 Å². The Morgan fingerprint density at radius 1 is 1.00 bits per heavy atom. The lowest BCUT2D eigenvalue weighted by Crippen LogP contribution is -2.72. The van der Waals surface area contributed by atoms with E-state index in [0.717, 1.165) is 11.1 Å². The number of hydrogen-bond acceptors (Lipinski definition) is 5. The fraction of sp³-hybridized carbons (Fsp3) is 0.370. The number of benzene rings is 2. The van der Waals surface area contributed by atoms with E-state index in [-0.39, 0.29) is 5.91 Å². The van der Waals surface area contributed by atoms with Gasteiger partial charge in [-0.3, -0.25) is 9.69 Å². The van der Waals surface area contributed by atoms with E-state index in [9.17, 15) is 13.2 Å². The number of rotatable bonds is 3. The highest BCUT2D eigenvalue weighted by Crippen LogP contribution is 2.76. The molecule has 2 aromatic carbocycles. The molecule has 1 amide bonds. The Morgan fingerprint density at radius 3 is 2.06 bits per heavy atom.